The lowest BCUT2D eigenvalue weighted by Gasteiger charge is -2.20. The molecule has 0 N–H and O–H groups in total. The molecule has 0 bridgehead atoms. The van der Waals surface area contributed by atoms with Crippen molar-refractivity contribution in [1.29, 1.82) is 0 Å². The lowest BCUT2D eigenvalue weighted by molar-refractivity contribution is 1.09. The third kappa shape index (κ3) is 2.65. The maximum atomic E-state index is 2.39. The second kappa shape index (κ2) is 4.87. The molecule has 0 heterocycles. The maximum Gasteiger partial charge on any atom is 0.0633 e. The van der Waals surface area contributed by atoms with Crippen LogP contribution in [0.1, 0.15) is 0 Å². The van der Waals surface area contributed by atoms with Crippen LogP contribution in [0.5, 0.6) is 0 Å². The molecule has 0 unspecified atom stereocenters. The van der Waals surface area contributed by atoms with Gasteiger partial charge in [-0.25, -0.2) is 0 Å². The van der Waals surface area contributed by atoms with E-state index in [1.54, 1.807) is 0 Å². The van der Waals surface area contributed by atoms with E-state index < -0.39 is 0 Å². The molecule has 2 nitrogen and oxygen atoms in total. The van der Waals surface area contributed by atoms with Crippen molar-refractivity contribution in [3.63, 3.8) is 0 Å². The predicted octanol–water partition coefficient (Wildman–Crippen LogP) is 3.03. The Balaban J connectivity index is 3.25. The van der Waals surface area contributed by atoms with Gasteiger partial charge in [-0.2, -0.15) is 0 Å². The van der Waals surface area contributed by atoms with Gasteiger partial charge >= 0.3 is 0 Å². The smallest absolute Gasteiger partial charge is 0.0633 e. The van der Waals surface area contributed by atoms with Gasteiger partial charge in [0.05, 0.1) is 5.69 Å². The minimum Gasteiger partial charge on any atom is -0.378 e. The van der Waals surface area contributed by atoms with Crippen LogP contribution in [0.3, 0.4) is 0 Å². The van der Waals surface area contributed by atoms with Crippen LogP contribution in [-0.2, 0) is 0 Å². The molecule has 0 amide bonds. The van der Waals surface area contributed by atoms with E-state index in [1.807, 2.05) is 0 Å². The fraction of sp³-hybridized carbons (Fsp3) is 0.400. The Hall–Kier alpha value is 0.280. The first-order chi connectivity index (χ1) is 6.43. The lowest BCUT2D eigenvalue weighted by atomic mass is 10.2. The summed E-state index contributed by atoms with van der Waals surface area (Å²) in [5.41, 5.74) is 2.56. The van der Waals surface area contributed by atoms with Crippen LogP contribution >= 0.6 is 45.2 Å². The Kier molecular flexibility index (Phi) is 4.30. The molecule has 78 valence electrons. The third-order valence-electron chi connectivity index (χ3n) is 1.97. The molecule has 4 heteroatoms. The maximum absolute atomic E-state index is 2.39. The molecular weight excluding hydrogens is 402 g/mol. The van der Waals surface area contributed by atoms with Gasteiger partial charge in [-0.3, -0.25) is 0 Å². The fourth-order valence-corrected chi connectivity index (χ4v) is 3.94. The topological polar surface area (TPSA) is 6.48 Å². The summed E-state index contributed by atoms with van der Waals surface area (Å²) in [7, 11) is 8.29. The summed E-state index contributed by atoms with van der Waals surface area (Å²) in [6.45, 7) is 0. The zero-order chi connectivity index (χ0) is 10.9. The fourth-order valence-electron chi connectivity index (χ4n) is 1.24. The van der Waals surface area contributed by atoms with Crippen molar-refractivity contribution in [2.75, 3.05) is 38.0 Å². The van der Waals surface area contributed by atoms with Gasteiger partial charge in [0.25, 0.3) is 0 Å². The number of anilines is 2. The van der Waals surface area contributed by atoms with E-state index in [0.717, 1.165) is 0 Å². The van der Waals surface area contributed by atoms with Crippen LogP contribution in [-0.4, -0.2) is 28.2 Å². The van der Waals surface area contributed by atoms with Crippen molar-refractivity contribution in [3.05, 3.63) is 19.3 Å². The highest BCUT2D eigenvalue weighted by molar-refractivity contribution is 14.1. The Morgan fingerprint density at radius 1 is 0.857 bits per heavy atom. The normalized spacial score (nSPS) is 10.1. The average Bonchev–Trinajstić information content (AvgIpc) is 2.01. The van der Waals surface area contributed by atoms with Crippen LogP contribution in [0.15, 0.2) is 12.1 Å². The summed E-state index contributed by atoms with van der Waals surface area (Å²) in [5.74, 6) is 0. The molecule has 0 saturated heterocycles. The summed E-state index contributed by atoms with van der Waals surface area (Å²) in [5, 5.41) is 0. The molecule has 0 aromatic heterocycles. The number of hydrogen-bond donors (Lipinski definition) is 0. The van der Waals surface area contributed by atoms with Gasteiger partial charge in [-0.15, -0.1) is 0 Å². The van der Waals surface area contributed by atoms with Gasteiger partial charge in [-0.1, -0.05) is 0 Å². The molecule has 0 fully saturated rings. The SMILES string of the molecule is CN(C)c1cc(I)c(N(C)C)c(I)c1. The second-order valence-electron chi connectivity index (χ2n) is 3.55. The molecule has 1 aromatic rings. The Morgan fingerprint density at radius 2 is 1.29 bits per heavy atom. The van der Waals surface area contributed by atoms with E-state index in [2.05, 4.69) is 95.3 Å². The molecule has 0 aliphatic heterocycles. The predicted molar refractivity (Wildman–Crippen MR) is 80.5 cm³/mol. The molecule has 0 atom stereocenters. The molecule has 0 aliphatic rings. The molecule has 0 radical (unpaired) electrons. The van der Waals surface area contributed by atoms with Crippen molar-refractivity contribution in [2.45, 2.75) is 0 Å². The molecule has 0 saturated carbocycles. The number of nitrogens with zero attached hydrogens (tertiary/aromatic N) is 2. The van der Waals surface area contributed by atoms with Crippen molar-refractivity contribution in [3.8, 4) is 0 Å². The Labute approximate surface area is 113 Å². The molecule has 1 aromatic carbocycles. The van der Waals surface area contributed by atoms with Crippen LogP contribution in [0.2, 0.25) is 0 Å². The molecule has 1 rings (SSSR count). The minimum absolute atomic E-state index is 1.25. The van der Waals surface area contributed by atoms with E-state index in [0.29, 0.717) is 0 Å². The minimum atomic E-state index is 1.25. The number of hydrogen-bond acceptors (Lipinski definition) is 2. The first-order valence-corrected chi connectivity index (χ1v) is 6.43. The van der Waals surface area contributed by atoms with E-state index in [4.69, 9.17) is 0 Å². The summed E-state index contributed by atoms with van der Waals surface area (Å²) in [6, 6.07) is 4.41. The van der Waals surface area contributed by atoms with Gasteiger partial charge in [0.2, 0.25) is 0 Å². The first kappa shape index (κ1) is 12.4. The summed E-state index contributed by atoms with van der Waals surface area (Å²) < 4.78 is 2.59. The van der Waals surface area contributed by atoms with Gasteiger partial charge < -0.3 is 9.80 Å². The largest absolute Gasteiger partial charge is 0.378 e. The van der Waals surface area contributed by atoms with Crippen LogP contribution in [0.4, 0.5) is 11.4 Å². The van der Waals surface area contributed by atoms with Crippen LogP contribution in [0, 0.1) is 7.14 Å². The quantitative estimate of drug-likeness (QED) is 0.685. The number of halogens is 2. The molecule has 0 spiro atoms. The van der Waals surface area contributed by atoms with E-state index in [1.165, 1.54) is 18.5 Å². The van der Waals surface area contributed by atoms with E-state index >= 15 is 0 Å². The standard InChI is InChI=1S/C10H14I2N2/c1-13(2)7-5-8(11)10(14(3)4)9(12)6-7/h5-6H,1-4H3. The van der Waals surface area contributed by atoms with Crippen molar-refractivity contribution in [2.24, 2.45) is 0 Å². The van der Waals surface area contributed by atoms with E-state index in [-0.39, 0.29) is 0 Å². The number of rotatable bonds is 2. The molecular formula is C10H14I2N2. The second-order valence-corrected chi connectivity index (χ2v) is 5.87. The van der Waals surface area contributed by atoms with Gasteiger partial charge in [0.15, 0.2) is 0 Å². The van der Waals surface area contributed by atoms with E-state index in [9.17, 15) is 0 Å². The molecule has 0 aliphatic carbocycles. The van der Waals surface area contributed by atoms with Crippen LogP contribution in [0.25, 0.3) is 0 Å². The Bertz CT molecular complexity index is 312. The van der Waals surface area contributed by atoms with Crippen molar-refractivity contribution < 1.29 is 0 Å². The highest BCUT2D eigenvalue weighted by Crippen LogP contribution is 2.31. The third-order valence-corrected chi connectivity index (χ3v) is 3.61. The monoisotopic (exact) mass is 416 g/mol. The highest BCUT2D eigenvalue weighted by Gasteiger charge is 2.09. The average molecular weight is 416 g/mol. The van der Waals surface area contributed by atoms with Crippen molar-refractivity contribution in [1.82, 2.24) is 0 Å². The summed E-state index contributed by atoms with van der Waals surface area (Å²) >= 11 is 4.77. The summed E-state index contributed by atoms with van der Waals surface area (Å²) in [6.07, 6.45) is 0. The lowest BCUT2D eigenvalue weighted by Crippen LogP contribution is -2.14. The van der Waals surface area contributed by atoms with Gasteiger partial charge in [0, 0.05) is 41.0 Å². The molecule has 14 heavy (non-hydrogen) atoms. The summed E-state index contributed by atoms with van der Waals surface area (Å²) in [4.78, 5) is 4.28. The Morgan fingerprint density at radius 3 is 1.57 bits per heavy atom. The highest BCUT2D eigenvalue weighted by atomic mass is 127. The number of benzene rings is 1. The zero-order valence-corrected chi connectivity index (χ0v) is 13.1. The van der Waals surface area contributed by atoms with Crippen LogP contribution < -0.4 is 9.80 Å². The van der Waals surface area contributed by atoms with Gasteiger partial charge in [-0.05, 0) is 57.3 Å². The van der Waals surface area contributed by atoms with Gasteiger partial charge in [0.1, 0.15) is 0 Å². The zero-order valence-electron chi connectivity index (χ0n) is 8.81. The first-order valence-electron chi connectivity index (χ1n) is 4.27. The van der Waals surface area contributed by atoms with Crippen molar-refractivity contribution >= 4 is 56.6 Å².